The Bertz CT molecular complexity index is 1390. The third kappa shape index (κ3) is 3.92. The van der Waals surface area contributed by atoms with Crippen molar-refractivity contribution >= 4 is 29.0 Å². The standard InChI is InChI=1S/C26H25FN4O3/c1-26(2,14-34-3)23-21(15-4-6-16(7-5-15)25(32)33)22-20(12-17(13-28)24(29)30-22)31(23)19-10-8-18(27)9-11-19/h4-13,28H,14H2,1-3H3,(H2,29,30)(H,32,33). The molecule has 7 nitrogen and oxygen atoms in total. The Hall–Kier alpha value is -4.04. The van der Waals surface area contributed by atoms with Gasteiger partial charge >= 0.3 is 5.97 Å². The van der Waals surface area contributed by atoms with E-state index in [9.17, 15) is 14.3 Å². The van der Waals surface area contributed by atoms with Crippen LogP contribution in [-0.4, -0.2) is 40.6 Å². The Balaban J connectivity index is 2.18. The van der Waals surface area contributed by atoms with Crippen LogP contribution < -0.4 is 5.73 Å². The molecule has 0 aliphatic rings. The van der Waals surface area contributed by atoms with Crippen molar-refractivity contribution < 1.29 is 19.0 Å². The van der Waals surface area contributed by atoms with Crippen LogP contribution in [0.3, 0.4) is 0 Å². The SMILES string of the molecule is COCC(C)(C)c1c(-c2ccc(C(=O)O)cc2)c2nc(N)c(C=N)cc2n1-c1ccc(F)cc1. The molecule has 0 aliphatic heterocycles. The summed E-state index contributed by atoms with van der Waals surface area (Å²) in [7, 11) is 1.62. The summed E-state index contributed by atoms with van der Waals surface area (Å²) in [6.07, 6.45) is 1.14. The summed E-state index contributed by atoms with van der Waals surface area (Å²) < 4.78 is 21.3. The van der Waals surface area contributed by atoms with Crippen LogP contribution in [0, 0.1) is 11.2 Å². The van der Waals surface area contributed by atoms with Gasteiger partial charge in [-0.3, -0.25) is 0 Å². The maximum Gasteiger partial charge on any atom is 0.335 e. The summed E-state index contributed by atoms with van der Waals surface area (Å²) >= 11 is 0. The van der Waals surface area contributed by atoms with E-state index in [1.807, 2.05) is 18.4 Å². The summed E-state index contributed by atoms with van der Waals surface area (Å²) in [5.74, 6) is -1.17. The minimum atomic E-state index is -1.02. The van der Waals surface area contributed by atoms with Crippen LogP contribution in [0.1, 0.15) is 35.5 Å². The number of benzene rings is 2. The quantitative estimate of drug-likeness (QED) is 0.335. The number of hydrogen-bond acceptors (Lipinski definition) is 5. The van der Waals surface area contributed by atoms with Crippen LogP contribution in [0.15, 0.2) is 54.6 Å². The molecule has 2 aromatic heterocycles. The van der Waals surface area contributed by atoms with Gasteiger partial charge in [-0.15, -0.1) is 0 Å². The number of nitrogens with one attached hydrogen (secondary N) is 1. The summed E-state index contributed by atoms with van der Waals surface area (Å²) in [6, 6.07) is 14.5. The zero-order chi connectivity index (χ0) is 24.6. The topological polar surface area (TPSA) is 114 Å². The average Bonchev–Trinajstić information content (AvgIpc) is 3.13. The molecule has 0 aliphatic carbocycles. The van der Waals surface area contributed by atoms with Gasteiger partial charge in [0.15, 0.2) is 0 Å². The lowest BCUT2D eigenvalue weighted by Crippen LogP contribution is -2.27. The zero-order valence-electron chi connectivity index (χ0n) is 19.1. The molecule has 4 rings (SSSR count). The lowest BCUT2D eigenvalue weighted by atomic mass is 9.85. The molecule has 0 radical (unpaired) electrons. The first kappa shape index (κ1) is 23.1. The number of carbonyl (C=O) groups is 1. The molecule has 2 aromatic carbocycles. The summed E-state index contributed by atoms with van der Waals surface area (Å²) in [5, 5.41) is 17.1. The molecule has 0 bridgehead atoms. The lowest BCUT2D eigenvalue weighted by molar-refractivity contribution is 0.0697. The fourth-order valence-corrected chi connectivity index (χ4v) is 4.33. The first-order chi connectivity index (χ1) is 16.2. The van der Waals surface area contributed by atoms with Gasteiger partial charge in [0.1, 0.15) is 11.6 Å². The van der Waals surface area contributed by atoms with E-state index in [4.69, 9.17) is 15.9 Å². The molecule has 0 saturated carbocycles. The second-order valence-electron chi connectivity index (χ2n) is 8.71. The van der Waals surface area contributed by atoms with E-state index in [1.165, 1.54) is 12.1 Å². The molecule has 0 saturated heterocycles. The van der Waals surface area contributed by atoms with Crippen molar-refractivity contribution in [3.8, 4) is 16.8 Å². The summed E-state index contributed by atoms with van der Waals surface area (Å²) in [5.41, 5.74) is 10.6. The van der Waals surface area contributed by atoms with Gasteiger partial charge in [-0.05, 0) is 48.0 Å². The highest BCUT2D eigenvalue weighted by atomic mass is 19.1. The van der Waals surface area contributed by atoms with E-state index in [0.29, 0.717) is 28.9 Å². The number of nitrogen functional groups attached to an aromatic ring is 1. The molecule has 0 unspecified atom stereocenters. The molecule has 0 spiro atoms. The van der Waals surface area contributed by atoms with Crippen molar-refractivity contribution in [2.75, 3.05) is 19.5 Å². The number of ether oxygens (including phenoxy) is 1. The van der Waals surface area contributed by atoms with Crippen molar-refractivity contribution in [1.29, 1.82) is 5.41 Å². The van der Waals surface area contributed by atoms with Gasteiger partial charge in [0.25, 0.3) is 0 Å². The zero-order valence-corrected chi connectivity index (χ0v) is 19.1. The fraction of sp³-hybridized carbons (Fsp3) is 0.192. The molecule has 0 atom stereocenters. The number of methoxy groups -OCH3 is 1. The average molecular weight is 461 g/mol. The Kier molecular flexibility index (Phi) is 5.93. The number of pyridine rings is 1. The predicted octanol–water partition coefficient (Wildman–Crippen LogP) is 5.03. The highest BCUT2D eigenvalue weighted by Crippen LogP contribution is 2.43. The summed E-state index contributed by atoms with van der Waals surface area (Å²) in [4.78, 5) is 16.1. The number of nitrogens with zero attached hydrogens (tertiary/aromatic N) is 2. The number of rotatable bonds is 7. The van der Waals surface area contributed by atoms with E-state index < -0.39 is 11.4 Å². The second-order valence-corrected chi connectivity index (χ2v) is 8.71. The molecule has 8 heteroatoms. The molecule has 4 aromatic rings. The van der Waals surface area contributed by atoms with Gasteiger partial charge in [-0.25, -0.2) is 14.2 Å². The second kappa shape index (κ2) is 8.72. The molecule has 174 valence electrons. The largest absolute Gasteiger partial charge is 0.478 e. The minimum Gasteiger partial charge on any atom is -0.478 e. The van der Waals surface area contributed by atoms with E-state index >= 15 is 0 Å². The molecule has 34 heavy (non-hydrogen) atoms. The Morgan fingerprint density at radius 1 is 1.21 bits per heavy atom. The lowest BCUT2D eigenvalue weighted by Gasteiger charge is -2.28. The van der Waals surface area contributed by atoms with E-state index in [2.05, 4.69) is 4.98 Å². The van der Waals surface area contributed by atoms with E-state index in [-0.39, 0.29) is 17.2 Å². The minimum absolute atomic E-state index is 0.169. The van der Waals surface area contributed by atoms with Crippen LogP contribution in [0.2, 0.25) is 0 Å². The number of carboxylic acid groups (broad SMARTS) is 1. The van der Waals surface area contributed by atoms with Crippen molar-refractivity contribution in [3.63, 3.8) is 0 Å². The normalized spacial score (nSPS) is 11.6. The molecule has 0 fully saturated rings. The molecule has 4 N–H and O–H groups in total. The predicted molar refractivity (Wildman–Crippen MR) is 131 cm³/mol. The monoisotopic (exact) mass is 460 g/mol. The van der Waals surface area contributed by atoms with Crippen molar-refractivity contribution in [2.45, 2.75) is 19.3 Å². The fourth-order valence-electron chi connectivity index (χ4n) is 4.33. The van der Waals surface area contributed by atoms with Crippen LogP contribution in [-0.2, 0) is 10.2 Å². The van der Waals surface area contributed by atoms with Gasteiger partial charge < -0.3 is 25.6 Å². The number of nitrogens with two attached hydrogens (primary N) is 1. The van der Waals surface area contributed by atoms with Gasteiger partial charge in [-0.1, -0.05) is 26.0 Å². The number of halogens is 1. The van der Waals surface area contributed by atoms with Crippen LogP contribution in [0.5, 0.6) is 0 Å². The molecule has 2 heterocycles. The third-order valence-electron chi connectivity index (χ3n) is 5.81. The van der Waals surface area contributed by atoms with Crippen molar-refractivity contribution in [3.05, 3.63) is 77.2 Å². The number of anilines is 1. The highest BCUT2D eigenvalue weighted by Gasteiger charge is 2.33. The number of hydrogen-bond donors (Lipinski definition) is 3. The van der Waals surface area contributed by atoms with Gasteiger partial charge in [0, 0.05) is 41.2 Å². The van der Waals surface area contributed by atoms with Gasteiger partial charge in [-0.2, -0.15) is 0 Å². The number of aromatic nitrogens is 2. The van der Waals surface area contributed by atoms with Crippen molar-refractivity contribution in [1.82, 2.24) is 9.55 Å². The van der Waals surface area contributed by atoms with Gasteiger partial charge in [0.05, 0.1) is 23.2 Å². The number of fused-ring (bicyclic) bond motifs is 1. The Morgan fingerprint density at radius 3 is 2.41 bits per heavy atom. The highest BCUT2D eigenvalue weighted by molar-refractivity contribution is 6.01. The third-order valence-corrected chi connectivity index (χ3v) is 5.81. The van der Waals surface area contributed by atoms with Crippen LogP contribution in [0.25, 0.3) is 27.8 Å². The Labute approximate surface area is 196 Å². The van der Waals surface area contributed by atoms with E-state index in [0.717, 1.165) is 23.0 Å². The number of aromatic carboxylic acids is 1. The maximum atomic E-state index is 13.8. The van der Waals surface area contributed by atoms with Gasteiger partial charge in [0.2, 0.25) is 0 Å². The molecular formula is C26H25FN4O3. The maximum absolute atomic E-state index is 13.8. The first-order valence-corrected chi connectivity index (χ1v) is 10.6. The number of carboxylic acids is 1. The first-order valence-electron chi connectivity index (χ1n) is 10.6. The van der Waals surface area contributed by atoms with Crippen molar-refractivity contribution in [2.24, 2.45) is 0 Å². The summed E-state index contributed by atoms with van der Waals surface area (Å²) in [6.45, 7) is 4.43. The van der Waals surface area contributed by atoms with Crippen LogP contribution in [0.4, 0.5) is 10.2 Å². The smallest absolute Gasteiger partial charge is 0.335 e. The van der Waals surface area contributed by atoms with Crippen LogP contribution >= 0.6 is 0 Å². The Morgan fingerprint density at radius 2 is 1.85 bits per heavy atom. The molecule has 0 amide bonds. The van der Waals surface area contributed by atoms with E-state index in [1.54, 1.807) is 49.6 Å². The molecular weight excluding hydrogens is 435 g/mol.